The van der Waals surface area contributed by atoms with E-state index in [0.29, 0.717) is 28.9 Å². The van der Waals surface area contributed by atoms with Crippen molar-refractivity contribution >= 4 is 49.7 Å². The monoisotopic (exact) mass is 448 g/mol. The minimum absolute atomic E-state index is 0.231. The normalized spacial score (nSPS) is 18.8. The summed E-state index contributed by atoms with van der Waals surface area (Å²) in [5.41, 5.74) is 5.40. The molecule has 8 nitrogen and oxygen atoms in total. The molecule has 2 aromatic carbocycles. The fraction of sp³-hybridized carbons (Fsp3) is 0.304. The molecule has 2 aromatic heterocycles. The Morgan fingerprint density at radius 2 is 2.00 bits per heavy atom. The minimum Gasteiger partial charge on any atom is -0.467 e. The lowest BCUT2D eigenvalue weighted by Gasteiger charge is -2.38. The predicted octanol–water partition coefficient (Wildman–Crippen LogP) is 3.69. The van der Waals surface area contributed by atoms with Crippen LogP contribution in [-0.4, -0.2) is 53.1 Å². The van der Waals surface area contributed by atoms with Gasteiger partial charge in [0, 0.05) is 48.1 Å². The SMILES string of the molecule is COc1ncc2c(N3C[C@H](C)N[C@@H](C)C3)ccc(C(=O)Nc3ccc4scnc4c3)c2n1. The van der Waals surface area contributed by atoms with Gasteiger partial charge < -0.3 is 20.3 Å². The topological polar surface area (TPSA) is 92.3 Å². The fourth-order valence-corrected chi connectivity index (χ4v) is 4.96. The van der Waals surface area contributed by atoms with Gasteiger partial charge in [-0.15, -0.1) is 11.3 Å². The van der Waals surface area contributed by atoms with Gasteiger partial charge in [0.25, 0.3) is 5.91 Å². The van der Waals surface area contributed by atoms with Crippen LogP contribution in [0.1, 0.15) is 24.2 Å². The number of benzene rings is 2. The summed E-state index contributed by atoms with van der Waals surface area (Å²) in [5, 5.41) is 7.36. The summed E-state index contributed by atoms with van der Waals surface area (Å²) < 4.78 is 6.33. The van der Waals surface area contributed by atoms with Gasteiger partial charge in [0.05, 0.1) is 33.9 Å². The van der Waals surface area contributed by atoms with E-state index >= 15 is 0 Å². The van der Waals surface area contributed by atoms with E-state index in [1.807, 2.05) is 30.3 Å². The molecule has 0 saturated carbocycles. The second kappa shape index (κ2) is 8.33. The molecule has 32 heavy (non-hydrogen) atoms. The van der Waals surface area contributed by atoms with E-state index in [0.717, 1.165) is 34.4 Å². The summed E-state index contributed by atoms with van der Waals surface area (Å²) in [6.45, 7) is 6.08. The molecule has 1 saturated heterocycles. The summed E-state index contributed by atoms with van der Waals surface area (Å²) >= 11 is 1.57. The van der Waals surface area contributed by atoms with Gasteiger partial charge in [-0.3, -0.25) is 4.79 Å². The van der Waals surface area contributed by atoms with Crippen LogP contribution in [0.5, 0.6) is 6.01 Å². The van der Waals surface area contributed by atoms with Crippen molar-refractivity contribution in [3.8, 4) is 6.01 Å². The summed E-state index contributed by atoms with van der Waals surface area (Å²) in [6, 6.07) is 10.5. The van der Waals surface area contributed by atoms with Crippen LogP contribution in [-0.2, 0) is 0 Å². The largest absolute Gasteiger partial charge is 0.467 e. The number of piperazine rings is 1. The Bertz CT molecular complexity index is 1300. The molecule has 5 rings (SSSR count). The highest BCUT2D eigenvalue weighted by Gasteiger charge is 2.24. The number of methoxy groups -OCH3 is 1. The number of carbonyl (C=O) groups is 1. The number of nitrogens with one attached hydrogen (secondary N) is 2. The molecule has 0 bridgehead atoms. The maximum absolute atomic E-state index is 13.2. The summed E-state index contributed by atoms with van der Waals surface area (Å²) in [7, 11) is 1.52. The number of hydrogen-bond donors (Lipinski definition) is 2. The lowest BCUT2D eigenvalue weighted by molar-refractivity contribution is 0.102. The number of ether oxygens (including phenoxy) is 1. The third-order valence-corrected chi connectivity index (χ3v) is 6.43. The van der Waals surface area contributed by atoms with Gasteiger partial charge in [-0.1, -0.05) is 0 Å². The van der Waals surface area contributed by atoms with Crippen LogP contribution >= 0.6 is 11.3 Å². The maximum atomic E-state index is 13.2. The van der Waals surface area contributed by atoms with E-state index in [2.05, 4.69) is 44.3 Å². The zero-order valence-corrected chi connectivity index (χ0v) is 18.9. The van der Waals surface area contributed by atoms with Crippen molar-refractivity contribution < 1.29 is 9.53 Å². The molecular weight excluding hydrogens is 424 g/mol. The van der Waals surface area contributed by atoms with Gasteiger partial charge in [-0.05, 0) is 44.2 Å². The van der Waals surface area contributed by atoms with Crippen LogP contribution in [0, 0.1) is 0 Å². The number of thiazole rings is 1. The average molecular weight is 449 g/mol. The lowest BCUT2D eigenvalue weighted by atomic mass is 10.0. The molecule has 0 spiro atoms. The van der Waals surface area contributed by atoms with Crippen molar-refractivity contribution in [2.24, 2.45) is 0 Å². The average Bonchev–Trinajstić information content (AvgIpc) is 3.25. The third kappa shape index (κ3) is 3.85. The second-order valence-electron chi connectivity index (χ2n) is 8.11. The van der Waals surface area contributed by atoms with E-state index in [9.17, 15) is 4.79 Å². The molecule has 9 heteroatoms. The molecule has 0 aliphatic carbocycles. The molecule has 0 radical (unpaired) electrons. The number of aromatic nitrogens is 3. The molecule has 1 aliphatic heterocycles. The molecule has 3 heterocycles. The van der Waals surface area contributed by atoms with E-state index in [1.165, 1.54) is 7.11 Å². The Kier molecular flexibility index (Phi) is 5.36. The Morgan fingerprint density at radius 3 is 2.78 bits per heavy atom. The van der Waals surface area contributed by atoms with Gasteiger partial charge in [0.1, 0.15) is 0 Å². The van der Waals surface area contributed by atoms with Crippen molar-refractivity contribution in [2.45, 2.75) is 25.9 Å². The van der Waals surface area contributed by atoms with Crippen molar-refractivity contribution in [3.63, 3.8) is 0 Å². The fourth-order valence-electron chi connectivity index (χ4n) is 4.30. The summed E-state index contributed by atoms with van der Waals surface area (Å²) in [5.74, 6) is -0.237. The van der Waals surface area contributed by atoms with Crippen molar-refractivity contribution in [1.29, 1.82) is 0 Å². The van der Waals surface area contributed by atoms with Gasteiger partial charge >= 0.3 is 6.01 Å². The van der Waals surface area contributed by atoms with Crippen LogP contribution in [0.3, 0.4) is 0 Å². The van der Waals surface area contributed by atoms with Crippen LogP contribution in [0.2, 0.25) is 0 Å². The molecule has 1 fully saturated rings. The number of hydrogen-bond acceptors (Lipinski definition) is 8. The van der Waals surface area contributed by atoms with Gasteiger partial charge in [0.15, 0.2) is 0 Å². The molecule has 1 aliphatic rings. The standard InChI is InChI=1S/C23H24N6O2S/c1-13-10-29(11-14(2)26-13)19-6-5-16(21-17(19)9-24-23(28-21)31-3)22(30)27-15-4-7-20-18(8-15)25-12-32-20/h4-9,12-14,26H,10-11H2,1-3H3,(H,27,30)/t13-,14-/m0/s1. The van der Waals surface area contributed by atoms with Crippen LogP contribution < -0.4 is 20.3 Å². The zero-order chi connectivity index (χ0) is 22.2. The highest BCUT2D eigenvalue weighted by Crippen LogP contribution is 2.31. The van der Waals surface area contributed by atoms with Crippen molar-refractivity contribution in [1.82, 2.24) is 20.3 Å². The highest BCUT2D eigenvalue weighted by atomic mass is 32.1. The molecular formula is C23H24N6O2S. The third-order valence-electron chi connectivity index (χ3n) is 5.62. The Morgan fingerprint density at radius 1 is 1.19 bits per heavy atom. The number of amides is 1. The first-order valence-electron chi connectivity index (χ1n) is 10.5. The molecule has 0 unspecified atom stereocenters. The molecule has 4 aromatic rings. The number of fused-ring (bicyclic) bond motifs is 2. The van der Waals surface area contributed by atoms with Crippen LogP contribution in [0.15, 0.2) is 42.0 Å². The highest BCUT2D eigenvalue weighted by molar-refractivity contribution is 7.16. The van der Waals surface area contributed by atoms with E-state index < -0.39 is 0 Å². The van der Waals surface area contributed by atoms with Gasteiger partial charge in [-0.2, -0.15) is 4.98 Å². The zero-order valence-electron chi connectivity index (χ0n) is 18.1. The Labute approximate surface area is 189 Å². The Hall–Kier alpha value is -3.30. The minimum atomic E-state index is -0.237. The number of rotatable bonds is 4. The quantitative estimate of drug-likeness (QED) is 0.492. The predicted molar refractivity (Wildman–Crippen MR) is 128 cm³/mol. The first-order valence-corrected chi connectivity index (χ1v) is 11.4. The van der Waals surface area contributed by atoms with Gasteiger partial charge in [0.2, 0.25) is 0 Å². The molecule has 2 N–H and O–H groups in total. The number of anilines is 2. The Balaban J connectivity index is 1.54. The smallest absolute Gasteiger partial charge is 0.316 e. The second-order valence-corrected chi connectivity index (χ2v) is 9.00. The van der Waals surface area contributed by atoms with Crippen molar-refractivity contribution in [2.75, 3.05) is 30.4 Å². The van der Waals surface area contributed by atoms with Gasteiger partial charge in [-0.25, -0.2) is 9.97 Å². The number of carbonyl (C=O) groups excluding carboxylic acids is 1. The lowest BCUT2D eigenvalue weighted by Crippen LogP contribution is -2.54. The number of nitrogens with zero attached hydrogens (tertiary/aromatic N) is 4. The van der Waals surface area contributed by atoms with Crippen molar-refractivity contribution in [3.05, 3.63) is 47.6 Å². The van der Waals surface area contributed by atoms with E-state index in [4.69, 9.17) is 4.74 Å². The molecule has 164 valence electrons. The summed E-state index contributed by atoms with van der Waals surface area (Å²) in [4.78, 5) is 28.7. The molecule has 1 amide bonds. The van der Waals surface area contributed by atoms with E-state index in [-0.39, 0.29) is 11.9 Å². The maximum Gasteiger partial charge on any atom is 0.316 e. The molecule has 2 atom stereocenters. The summed E-state index contributed by atoms with van der Waals surface area (Å²) in [6.07, 6.45) is 1.74. The van der Waals surface area contributed by atoms with Crippen LogP contribution in [0.4, 0.5) is 11.4 Å². The van der Waals surface area contributed by atoms with E-state index in [1.54, 1.807) is 23.0 Å². The first-order chi connectivity index (χ1) is 15.5. The van der Waals surface area contributed by atoms with Crippen LogP contribution in [0.25, 0.3) is 21.1 Å². The first kappa shape index (κ1) is 20.6.